The Morgan fingerprint density at radius 3 is 2.67 bits per heavy atom. The van der Waals surface area contributed by atoms with Crippen LogP contribution in [-0.4, -0.2) is 14.8 Å². The Bertz CT molecular complexity index is 610. The fourth-order valence-electron chi connectivity index (χ4n) is 1.94. The Balaban J connectivity index is 1.90. The molecular formula is C14H14N4. The van der Waals surface area contributed by atoms with Crippen LogP contribution in [-0.2, 0) is 0 Å². The molecule has 0 aliphatic rings. The van der Waals surface area contributed by atoms with E-state index in [1.54, 1.807) is 6.20 Å². The summed E-state index contributed by atoms with van der Waals surface area (Å²) in [5, 5.41) is 4.34. The summed E-state index contributed by atoms with van der Waals surface area (Å²) in [6.45, 7) is 0. The molecule has 4 nitrogen and oxygen atoms in total. The number of H-pyrrole nitrogens is 1. The van der Waals surface area contributed by atoms with E-state index in [-0.39, 0.29) is 6.04 Å². The molecular weight excluding hydrogens is 224 g/mol. The summed E-state index contributed by atoms with van der Waals surface area (Å²) in [5.41, 5.74) is 9.17. The molecule has 0 aliphatic carbocycles. The van der Waals surface area contributed by atoms with E-state index in [1.807, 2.05) is 59.5 Å². The summed E-state index contributed by atoms with van der Waals surface area (Å²) in [5.74, 6) is 0. The normalized spacial score (nSPS) is 12.5. The molecule has 0 bridgehead atoms. The average Bonchev–Trinajstić information content (AvgIpc) is 3.10. The van der Waals surface area contributed by atoms with Crippen LogP contribution in [0.25, 0.3) is 5.69 Å². The highest BCUT2D eigenvalue weighted by Crippen LogP contribution is 2.18. The van der Waals surface area contributed by atoms with Crippen molar-refractivity contribution in [3.8, 4) is 5.69 Å². The third-order valence-corrected chi connectivity index (χ3v) is 2.94. The van der Waals surface area contributed by atoms with Gasteiger partial charge in [0, 0.05) is 23.7 Å². The summed E-state index contributed by atoms with van der Waals surface area (Å²) in [6.07, 6.45) is 5.64. The highest BCUT2D eigenvalue weighted by Gasteiger charge is 2.12. The van der Waals surface area contributed by atoms with Crippen molar-refractivity contribution in [3.63, 3.8) is 0 Å². The summed E-state index contributed by atoms with van der Waals surface area (Å²) in [6, 6.07) is 13.7. The lowest BCUT2D eigenvalue weighted by Crippen LogP contribution is -2.11. The maximum atomic E-state index is 6.17. The lowest BCUT2D eigenvalue weighted by molar-refractivity contribution is 0.835. The van der Waals surface area contributed by atoms with E-state index in [1.165, 1.54) is 0 Å². The van der Waals surface area contributed by atoms with Gasteiger partial charge in [-0.25, -0.2) is 4.68 Å². The quantitative estimate of drug-likeness (QED) is 0.735. The lowest BCUT2D eigenvalue weighted by atomic mass is 10.1. The minimum Gasteiger partial charge on any atom is -0.363 e. The fourth-order valence-corrected chi connectivity index (χ4v) is 1.94. The summed E-state index contributed by atoms with van der Waals surface area (Å²) < 4.78 is 1.83. The van der Waals surface area contributed by atoms with Gasteiger partial charge in [-0.1, -0.05) is 18.2 Å². The molecule has 90 valence electrons. The third-order valence-electron chi connectivity index (χ3n) is 2.94. The van der Waals surface area contributed by atoms with Crippen LogP contribution in [0.15, 0.2) is 61.1 Å². The van der Waals surface area contributed by atoms with Crippen LogP contribution in [0, 0.1) is 0 Å². The molecule has 4 heteroatoms. The van der Waals surface area contributed by atoms with E-state index in [4.69, 9.17) is 5.73 Å². The first kappa shape index (κ1) is 10.8. The molecule has 3 N–H and O–H groups in total. The van der Waals surface area contributed by atoms with Crippen LogP contribution in [0.5, 0.6) is 0 Å². The lowest BCUT2D eigenvalue weighted by Gasteiger charge is -2.06. The van der Waals surface area contributed by atoms with Gasteiger partial charge in [-0.2, -0.15) is 5.10 Å². The largest absolute Gasteiger partial charge is 0.363 e. The Labute approximate surface area is 105 Å². The number of nitrogens with zero attached hydrogens (tertiary/aromatic N) is 2. The van der Waals surface area contributed by atoms with Crippen LogP contribution in [0.1, 0.15) is 17.3 Å². The first-order valence-electron chi connectivity index (χ1n) is 5.83. The zero-order chi connectivity index (χ0) is 12.4. The van der Waals surface area contributed by atoms with Crippen LogP contribution >= 0.6 is 0 Å². The van der Waals surface area contributed by atoms with E-state index < -0.39 is 0 Å². The molecule has 0 aliphatic heterocycles. The number of para-hydroxylation sites is 1. The Hall–Kier alpha value is -2.33. The van der Waals surface area contributed by atoms with E-state index in [9.17, 15) is 0 Å². The zero-order valence-corrected chi connectivity index (χ0v) is 9.82. The fraction of sp³-hybridized carbons (Fsp3) is 0.0714. The summed E-state index contributed by atoms with van der Waals surface area (Å²) >= 11 is 0. The zero-order valence-electron chi connectivity index (χ0n) is 9.82. The molecule has 1 aromatic carbocycles. The SMILES string of the molecule is NC(c1cnn(-c2ccccc2)c1)c1ccc[nH]1. The standard InChI is InChI=1S/C14H14N4/c15-14(13-7-4-8-16-13)11-9-17-18(10-11)12-5-2-1-3-6-12/h1-10,14,16H,15H2. The van der Waals surface area contributed by atoms with Gasteiger partial charge in [0.15, 0.2) is 0 Å². The van der Waals surface area contributed by atoms with E-state index >= 15 is 0 Å². The minimum atomic E-state index is -0.169. The molecule has 2 aromatic heterocycles. The van der Waals surface area contributed by atoms with E-state index in [2.05, 4.69) is 10.1 Å². The van der Waals surface area contributed by atoms with Crippen molar-refractivity contribution in [3.05, 3.63) is 72.3 Å². The molecule has 3 aromatic rings. The van der Waals surface area contributed by atoms with Gasteiger partial charge >= 0.3 is 0 Å². The highest BCUT2D eigenvalue weighted by molar-refractivity contribution is 5.32. The first-order valence-corrected chi connectivity index (χ1v) is 5.83. The summed E-state index contributed by atoms with van der Waals surface area (Å²) in [4.78, 5) is 3.12. The second kappa shape index (κ2) is 4.50. The van der Waals surface area contributed by atoms with E-state index in [0.29, 0.717) is 0 Å². The molecule has 18 heavy (non-hydrogen) atoms. The monoisotopic (exact) mass is 238 g/mol. The number of nitrogens with two attached hydrogens (primary N) is 1. The van der Waals surface area contributed by atoms with Crippen LogP contribution in [0.2, 0.25) is 0 Å². The van der Waals surface area contributed by atoms with Crippen molar-refractivity contribution in [2.75, 3.05) is 0 Å². The minimum absolute atomic E-state index is 0.169. The van der Waals surface area contributed by atoms with E-state index in [0.717, 1.165) is 16.9 Å². The Kier molecular flexibility index (Phi) is 2.70. The molecule has 3 rings (SSSR count). The number of nitrogens with one attached hydrogen (secondary N) is 1. The molecule has 0 spiro atoms. The Morgan fingerprint density at radius 2 is 1.94 bits per heavy atom. The highest BCUT2D eigenvalue weighted by atomic mass is 15.3. The van der Waals surface area contributed by atoms with Crippen LogP contribution in [0.4, 0.5) is 0 Å². The Morgan fingerprint density at radius 1 is 1.11 bits per heavy atom. The second-order valence-corrected chi connectivity index (χ2v) is 4.16. The number of benzene rings is 1. The molecule has 0 amide bonds. The number of aromatic amines is 1. The maximum absolute atomic E-state index is 6.17. The van der Waals surface area contributed by atoms with Gasteiger partial charge in [-0.3, -0.25) is 0 Å². The van der Waals surface area contributed by atoms with Gasteiger partial charge in [0.1, 0.15) is 0 Å². The van der Waals surface area contributed by atoms with Gasteiger partial charge in [0.05, 0.1) is 17.9 Å². The predicted molar refractivity (Wildman–Crippen MR) is 70.4 cm³/mol. The maximum Gasteiger partial charge on any atom is 0.0735 e. The molecule has 2 heterocycles. The molecule has 0 fully saturated rings. The van der Waals surface area contributed by atoms with Crippen molar-refractivity contribution < 1.29 is 0 Å². The van der Waals surface area contributed by atoms with Gasteiger partial charge in [-0.05, 0) is 24.3 Å². The second-order valence-electron chi connectivity index (χ2n) is 4.16. The van der Waals surface area contributed by atoms with Gasteiger partial charge in [-0.15, -0.1) is 0 Å². The number of hydrogen-bond donors (Lipinski definition) is 2. The van der Waals surface area contributed by atoms with Crippen LogP contribution < -0.4 is 5.73 Å². The molecule has 0 saturated heterocycles. The molecule has 0 radical (unpaired) electrons. The van der Waals surface area contributed by atoms with Gasteiger partial charge < -0.3 is 10.7 Å². The smallest absolute Gasteiger partial charge is 0.0735 e. The molecule has 1 unspecified atom stereocenters. The van der Waals surface area contributed by atoms with Crippen molar-refractivity contribution in [1.82, 2.24) is 14.8 Å². The van der Waals surface area contributed by atoms with Crippen molar-refractivity contribution >= 4 is 0 Å². The molecule has 0 saturated carbocycles. The van der Waals surface area contributed by atoms with Crippen molar-refractivity contribution in [1.29, 1.82) is 0 Å². The third kappa shape index (κ3) is 1.94. The van der Waals surface area contributed by atoms with Crippen molar-refractivity contribution in [2.45, 2.75) is 6.04 Å². The van der Waals surface area contributed by atoms with Crippen molar-refractivity contribution in [2.24, 2.45) is 5.73 Å². The topological polar surface area (TPSA) is 59.6 Å². The predicted octanol–water partition coefficient (Wildman–Crippen LogP) is 2.25. The summed E-state index contributed by atoms with van der Waals surface area (Å²) in [7, 11) is 0. The average molecular weight is 238 g/mol. The number of hydrogen-bond acceptors (Lipinski definition) is 2. The number of aromatic nitrogens is 3. The molecule has 1 atom stereocenters. The van der Waals surface area contributed by atoms with Gasteiger partial charge in [0.2, 0.25) is 0 Å². The first-order chi connectivity index (χ1) is 8.84. The number of rotatable bonds is 3. The van der Waals surface area contributed by atoms with Crippen LogP contribution in [0.3, 0.4) is 0 Å². The van der Waals surface area contributed by atoms with Gasteiger partial charge in [0.25, 0.3) is 0 Å².